The highest BCUT2D eigenvalue weighted by Gasteiger charge is 2.17. The largest absolute Gasteiger partial charge is 0.490 e. The SMILES string of the molecule is Cc1cc(CSc2ccccc2C(=O)Nc2ccc(OC3CCCC3)cc2)on1. The van der Waals surface area contributed by atoms with Gasteiger partial charge in [0.25, 0.3) is 5.91 Å². The fraction of sp³-hybridized carbons (Fsp3) is 0.304. The summed E-state index contributed by atoms with van der Waals surface area (Å²) in [5.41, 5.74) is 2.24. The van der Waals surface area contributed by atoms with Gasteiger partial charge in [0.1, 0.15) is 11.5 Å². The normalized spacial score (nSPS) is 14.1. The van der Waals surface area contributed by atoms with Gasteiger partial charge in [0.15, 0.2) is 0 Å². The van der Waals surface area contributed by atoms with Gasteiger partial charge in [-0.05, 0) is 69.0 Å². The second-order valence-electron chi connectivity index (χ2n) is 7.22. The van der Waals surface area contributed by atoms with Crippen LogP contribution in [0.2, 0.25) is 0 Å². The molecule has 0 bridgehead atoms. The first-order valence-electron chi connectivity index (χ1n) is 9.89. The van der Waals surface area contributed by atoms with Crippen molar-refractivity contribution in [2.45, 2.75) is 49.4 Å². The molecule has 4 rings (SSSR count). The number of amides is 1. The number of benzene rings is 2. The number of aryl methyl sites for hydroxylation is 1. The first kappa shape index (κ1) is 19.6. The van der Waals surface area contributed by atoms with Crippen molar-refractivity contribution in [1.82, 2.24) is 5.16 Å². The van der Waals surface area contributed by atoms with E-state index in [2.05, 4.69) is 10.5 Å². The zero-order chi connectivity index (χ0) is 20.1. The van der Waals surface area contributed by atoms with Crippen molar-refractivity contribution in [1.29, 1.82) is 0 Å². The van der Waals surface area contributed by atoms with Crippen LogP contribution in [0, 0.1) is 6.92 Å². The highest BCUT2D eigenvalue weighted by molar-refractivity contribution is 7.98. The predicted octanol–water partition coefficient (Wildman–Crippen LogP) is 5.85. The van der Waals surface area contributed by atoms with Crippen molar-refractivity contribution in [3.05, 3.63) is 71.6 Å². The van der Waals surface area contributed by atoms with Crippen LogP contribution < -0.4 is 10.1 Å². The Hall–Kier alpha value is -2.73. The molecule has 1 aliphatic rings. The number of carbonyl (C=O) groups is 1. The molecule has 1 amide bonds. The van der Waals surface area contributed by atoms with Crippen molar-refractivity contribution >= 4 is 23.4 Å². The van der Waals surface area contributed by atoms with E-state index in [0.29, 0.717) is 17.4 Å². The zero-order valence-corrected chi connectivity index (χ0v) is 17.2. The molecule has 1 N–H and O–H groups in total. The Morgan fingerprint density at radius 3 is 2.66 bits per heavy atom. The van der Waals surface area contributed by atoms with E-state index in [9.17, 15) is 4.79 Å². The molecule has 1 aromatic heterocycles. The van der Waals surface area contributed by atoms with E-state index in [-0.39, 0.29) is 5.91 Å². The van der Waals surface area contributed by atoms with Crippen molar-refractivity contribution in [2.24, 2.45) is 0 Å². The minimum atomic E-state index is -0.133. The number of hydrogen-bond acceptors (Lipinski definition) is 5. The Bertz CT molecular complexity index is 962. The smallest absolute Gasteiger partial charge is 0.256 e. The molecule has 1 aliphatic carbocycles. The topological polar surface area (TPSA) is 64.4 Å². The summed E-state index contributed by atoms with van der Waals surface area (Å²) in [6.07, 6.45) is 5.06. The summed E-state index contributed by atoms with van der Waals surface area (Å²) in [5, 5.41) is 6.88. The quantitative estimate of drug-likeness (QED) is 0.497. The van der Waals surface area contributed by atoms with Crippen LogP contribution in [0.5, 0.6) is 5.75 Å². The third-order valence-electron chi connectivity index (χ3n) is 4.90. The molecule has 1 fully saturated rings. The molecular weight excluding hydrogens is 384 g/mol. The van der Waals surface area contributed by atoms with Gasteiger partial charge in [-0.3, -0.25) is 4.79 Å². The van der Waals surface area contributed by atoms with Gasteiger partial charge >= 0.3 is 0 Å². The lowest BCUT2D eigenvalue weighted by Crippen LogP contribution is -2.13. The molecule has 6 heteroatoms. The number of aromatic nitrogens is 1. The summed E-state index contributed by atoms with van der Waals surface area (Å²) in [4.78, 5) is 13.7. The van der Waals surface area contributed by atoms with Crippen LogP contribution in [0.25, 0.3) is 0 Å². The van der Waals surface area contributed by atoms with Gasteiger partial charge in [-0.25, -0.2) is 0 Å². The molecule has 29 heavy (non-hydrogen) atoms. The lowest BCUT2D eigenvalue weighted by Gasteiger charge is -2.14. The van der Waals surface area contributed by atoms with Crippen LogP contribution in [-0.4, -0.2) is 17.2 Å². The standard InChI is InChI=1S/C23H24N2O3S/c1-16-14-20(28-25-16)15-29-22-9-5-4-8-21(22)23(26)24-17-10-12-19(13-11-17)27-18-6-2-3-7-18/h4-5,8-14,18H,2-3,6-7,15H2,1H3,(H,24,26). The Kier molecular flexibility index (Phi) is 6.20. The van der Waals surface area contributed by atoms with Gasteiger partial charge in [-0.15, -0.1) is 11.8 Å². The van der Waals surface area contributed by atoms with E-state index in [1.807, 2.05) is 61.5 Å². The van der Waals surface area contributed by atoms with E-state index in [4.69, 9.17) is 9.26 Å². The van der Waals surface area contributed by atoms with Gasteiger partial charge in [0.2, 0.25) is 0 Å². The third kappa shape index (κ3) is 5.21. The molecule has 0 atom stereocenters. The summed E-state index contributed by atoms with van der Waals surface area (Å²) >= 11 is 1.56. The first-order valence-corrected chi connectivity index (χ1v) is 10.9. The van der Waals surface area contributed by atoms with Gasteiger partial charge in [-0.1, -0.05) is 17.3 Å². The summed E-state index contributed by atoms with van der Waals surface area (Å²) in [6, 6.07) is 17.1. The van der Waals surface area contributed by atoms with E-state index in [1.54, 1.807) is 11.8 Å². The number of anilines is 1. The van der Waals surface area contributed by atoms with E-state index >= 15 is 0 Å². The number of carbonyl (C=O) groups excluding carboxylic acids is 1. The molecule has 0 unspecified atom stereocenters. The van der Waals surface area contributed by atoms with Gasteiger partial charge < -0.3 is 14.6 Å². The van der Waals surface area contributed by atoms with Gasteiger partial charge in [-0.2, -0.15) is 0 Å². The number of thioether (sulfide) groups is 1. The minimum Gasteiger partial charge on any atom is -0.490 e. The van der Waals surface area contributed by atoms with E-state index in [0.717, 1.165) is 40.6 Å². The summed E-state index contributed by atoms with van der Waals surface area (Å²) < 4.78 is 11.2. The Morgan fingerprint density at radius 2 is 1.93 bits per heavy atom. The monoisotopic (exact) mass is 408 g/mol. The Balaban J connectivity index is 1.39. The zero-order valence-electron chi connectivity index (χ0n) is 16.4. The predicted molar refractivity (Wildman–Crippen MR) is 115 cm³/mol. The number of nitrogens with zero attached hydrogens (tertiary/aromatic N) is 1. The molecule has 0 saturated heterocycles. The van der Waals surface area contributed by atoms with Gasteiger partial charge in [0, 0.05) is 16.6 Å². The van der Waals surface area contributed by atoms with Crippen LogP contribution in [0.15, 0.2) is 64.0 Å². The highest BCUT2D eigenvalue weighted by Crippen LogP contribution is 2.28. The van der Waals surface area contributed by atoms with E-state index in [1.165, 1.54) is 12.8 Å². The molecule has 3 aromatic rings. The second kappa shape index (κ2) is 9.18. The molecule has 0 radical (unpaired) electrons. The van der Waals surface area contributed by atoms with Gasteiger partial charge in [0.05, 0.1) is 23.1 Å². The summed E-state index contributed by atoms with van der Waals surface area (Å²) in [7, 11) is 0. The maximum atomic E-state index is 12.8. The lowest BCUT2D eigenvalue weighted by molar-refractivity contribution is 0.102. The summed E-state index contributed by atoms with van der Waals surface area (Å²) in [5.74, 6) is 2.14. The fourth-order valence-electron chi connectivity index (χ4n) is 3.43. The van der Waals surface area contributed by atoms with Crippen molar-refractivity contribution in [3.63, 3.8) is 0 Å². The number of rotatable bonds is 7. The number of ether oxygens (including phenoxy) is 1. The van der Waals surface area contributed by atoms with Crippen molar-refractivity contribution < 1.29 is 14.1 Å². The average molecular weight is 409 g/mol. The number of nitrogens with one attached hydrogen (secondary N) is 1. The highest BCUT2D eigenvalue weighted by atomic mass is 32.2. The maximum Gasteiger partial charge on any atom is 0.256 e. The maximum absolute atomic E-state index is 12.8. The molecule has 5 nitrogen and oxygen atoms in total. The molecule has 1 saturated carbocycles. The first-order chi connectivity index (χ1) is 14.2. The lowest BCUT2D eigenvalue weighted by atomic mass is 10.2. The average Bonchev–Trinajstić information content (AvgIpc) is 3.40. The van der Waals surface area contributed by atoms with Crippen molar-refractivity contribution in [2.75, 3.05) is 5.32 Å². The van der Waals surface area contributed by atoms with Crippen LogP contribution in [0.4, 0.5) is 5.69 Å². The fourth-order valence-corrected chi connectivity index (χ4v) is 4.35. The minimum absolute atomic E-state index is 0.133. The van der Waals surface area contributed by atoms with Crippen LogP contribution in [0.1, 0.15) is 47.5 Å². The van der Waals surface area contributed by atoms with Crippen LogP contribution in [0.3, 0.4) is 0 Å². The third-order valence-corrected chi connectivity index (χ3v) is 5.99. The molecule has 2 aromatic carbocycles. The second-order valence-corrected chi connectivity index (χ2v) is 8.24. The molecule has 1 heterocycles. The molecule has 0 aliphatic heterocycles. The van der Waals surface area contributed by atoms with Crippen LogP contribution >= 0.6 is 11.8 Å². The summed E-state index contributed by atoms with van der Waals surface area (Å²) in [6.45, 7) is 1.89. The van der Waals surface area contributed by atoms with Crippen LogP contribution in [-0.2, 0) is 5.75 Å². The Labute approximate surface area is 174 Å². The van der Waals surface area contributed by atoms with E-state index < -0.39 is 0 Å². The molecule has 150 valence electrons. The van der Waals surface area contributed by atoms with Crippen molar-refractivity contribution in [3.8, 4) is 5.75 Å². The molecular formula is C23H24N2O3S. The number of hydrogen-bond donors (Lipinski definition) is 1. The Morgan fingerprint density at radius 1 is 1.17 bits per heavy atom. The molecule has 0 spiro atoms.